The Morgan fingerprint density at radius 1 is 1.26 bits per heavy atom. The van der Waals surface area contributed by atoms with Crippen LogP contribution >= 0.6 is 0 Å². The minimum atomic E-state index is -0.934. The highest BCUT2D eigenvalue weighted by molar-refractivity contribution is 5.89. The molecule has 27 heavy (non-hydrogen) atoms. The van der Waals surface area contributed by atoms with Crippen molar-refractivity contribution in [1.29, 1.82) is 0 Å². The number of piperazine rings is 1. The second-order valence-electron chi connectivity index (χ2n) is 7.95. The molecule has 1 amide bonds. The number of nitrogens with zero attached hydrogens (tertiary/aromatic N) is 2. The van der Waals surface area contributed by atoms with Crippen LogP contribution in [0.3, 0.4) is 0 Å². The summed E-state index contributed by atoms with van der Waals surface area (Å²) in [5, 5.41) is 9.07. The molecule has 1 aliphatic heterocycles. The molecule has 1 atom stereocenters. The molecule has 7 nitrogen and oxygen atoms in total. The number of rotatable bonds is 5. The van der Waals surface area contributed by atoms with Gasteiger partial charge in [0, 0.05) is 32.2 Å². The number of carboxylic acids is 1. The van der Waals surface area contributed by atoms with Gasteiger partial charge in [-0.1, -0.05) is 0 Å². The van der Waals surface area contributed by atoms with Crippen molar-refractivity contribution in [2.45, 2.75) is 46.3 Å². The van der Waals surface area contributed by atoms with Crippen molar-refractivity contribution in [2.24, 2.45) is 0 Å². The second kappa shape index (κ2) is 8.61. The van der Waals surface area contributed by atoms with Crippen LogP contribution in [0.4, 0.5) is 4.79 Å². The smallest absolute Gasteiger partial charge is 0.410 e. The first-order valence-electron chi connectivity index (χ1n) is 9.25. The van der Waals surface area contributed by atoms with Crippen LogP contribution in [-0.2, 0) is 4.74 Å². The van der Waals surface area contributed by atoms with Crippen LogP contribution < -0.4 is 4.74 Å². The number of benzene rings is 1. The van der Waals surface area contributed by atoms with E-state index in [9.17, 15) is 9.59 Å². The number of amides is 1. The number of ether oxygens (including phenoxy) is 2. The van der Waals surface area contributed by atoms with Crippen LogP contribution in [0.15, 0.2) is 18.2 Å². The molecule has 150 valence electrons. The first-order chi connectivity index (χ1) is 12.6. The lowest BCUT2D eigenvalue weighted by atomic mass is 10.1. The lowest BCUT2D eigenvalue weighted by Gasteiger charge is -2.40. The third-order valence-corrected chi connectivity index (χ3v) is 4.44. The Hall–Kier alpha value is -2.28. The average molecular weight is 378 g/mol. The Morgan fingerprint density at radius 3 is 2.52 bits per heavy atom. The summed E-state index contributed by atoms with van der Waals surface area (Å²) in [5.41, 5.74) is 0.477. The van der Waals surface area contributed by atoms with E-state index in [4.69, 9.17) is 14.6 Å². The summed E-state index contributed by atoms with van der Waals surface area (Å²) in [5.74, 6) is -0.270. The van der Waals surface area contributed by atoms with Crippen molar-refractivity contribution < 1.29 is 24.2 Å². The monoisotopic (exact) mass is 378 g/mol. The summed E-state index contributed by atoms with van der Waals surface area (Å²) < 4.78 is 11.2. The Labute approximate surface area is 160 Å². The lowest BCUT2D eigenvalue weighted by Crippen LogP contribution is -2.55. The highest BCUT2D eigenvalue weighted by atomic mass is 16.6. The third-order valence-electron chi connectivity index (χ3n) is 4.44. The molecule has 0 unspecified atom stereocenters. The third kappa shape index (κ3) is 6.13. The largest absolute Gasteiger partial charge is 0.492 e. The minimum Gasteiger partial charge on any atom is -0.492 e. The first kappa shape index (κ1) is 21.0. The van der Waals surface area contributed by atoms with Crippen LogP contribution in [0.5, 0.6) is 5.75 Å². The number of hydrogen-bond donors (Lipinski definition) is 1. The highest BCUT2D eigenvalue weighted by Gasteiger charge is 2.30. The number of carboxylic acid groups (broad SMARTS) is 1. The fourth-order valence-corrected chi connectivity index (χ4v) is 3.09. The SMILES string of the molecule is Cc1cc(OCCN2CCN(C(=O)OC(C)(C)C)[C@@H](C)C2)ccc1C(=O)O. The van der Waals surface area contributed by atoms with Gasteiger partial charge in [-0.25, -0.2) is 9.59 Å². The predicted octanol–water partition coefficient (Wildman–Crippen LogP) is 3.01. The van der Waals surface area contributed by atoms with Crippen molar-refractivity contribution in [1.82, 2.24) is 9.80 Å². The Balaban J connectivity index is 1.79. The van der Waals surface area contributed by atoms with Gasteiger partial charge in [-0.2, -0.15) is 0 Å². The summed E-state index contributed by atoms with van der Waals surface area (Å²) in [6.07, 6.45) is -0.264. The van der Waals surface area contributed by atoms with E-state index in [1.165, 1.54) is 0 Å². The van der Waals surface area contributed by atoms with E-state index >= 15 is 0 Å². The summed E-state index contributed by atoms with van der Waals surface area (Å²) in [6.45, 7) is 12.8. The van der Waals surface area contributed by atoms with Crippen molar-refractivity contribution in [3.8, 4) is 5.75 Å². The van der Waals surface area contributed by atoms with Crippen molar-refractivity contribution >= 4 is 12.1 Å². The van der Waals surface area contributed by atoms with Crippen LogP contribution in [0.25, 0.3) is 0 Å². The molecule has 1 fully saturated rings. The average Bonchev–Trinajstić information content (AvgIpc) is 2.53. The Kier molecular flexibility index (Phi) is 6.70. The van der Waals surface area contributed by atoms with E-state index in [0.29, 0.717) is 24.5 Å². The zero-order valence-corrected chi connectivity index (χ0v) is 16.8. The number of hydrogen-bond acceptors (Lipinski definition) is 5. The van der Waals surface area contributed by atoms with Gasteiger partial charge in [-0.3, -0.25) is 4.90 Å². The van der Waals surface area contributed by atoms with Gasteiger partial charge in [0.25, 0.3) is 0 Å². The van der Waals surface area contributed by atoms with Gasteiger partial charge in [0.2, 0.25) is 0 Å². The van der Waals surface area contributed by atoms with E-state index in [1.807, 2.05) is 27.7 Å². The van der Waals surface area contributed by atoms with Crippen molar-refractivity contribution in [2.75, 3.05) is 32.8 Å². The summed E-state index contributed by atoms with van der Waals surface area (Å²) in [6, 6.07) is 5.06. The molecule has 0 aromatic heterocycles. The zero-order chi connectivity index (χ0) is 20.2. The maximum Gasteiger partial charge on any atom is 0.410 e. The van der Waals surface area contributed by atoms with Gasteiger partial charge < -0.3 is 19.5 Å². The van der Waals surface area contributed by atoms with Gasteiger partial charge in [0.05, 0.1) is 5.56 Å². The molecule has 0 bridgehead atoms. The van der Waals surface area contributed by atoms with Crippen molar-refractivity contribution in [3.05, 3.63) is 29.3 Å². The van der Waals surface area contributed by atoms with E-state index in [1.54, 1.807) is 30.0 Å². The number of carbonyl (C=O) groups is 2. The second-order valence-corrected chi connectivity index (χ2v) is 7.95. The number of carbonyl (C=O) groups excluding carboxylic acids is 1. The topological polar surface area (TPSA) is 79.3 Å². The quantitative estimate of drug-likeness (QED) is 0.848. The predicted molar refractivity (Wildman–Crippen MR) is 102 cm³/mol. The molecule has 0 radical (unpaired) electrons. The van der Waals surface area contributed by atoms with Crippen molar-refractivity contribution in [3.63, 3.8) is 0 Å². The first-order valence-corrected chi connectivity index (χ1v) is 9.25. The van der Waals surface area contributed by atoms with Gasteiger partial charge in [0.1, 0.15) is 18.0 Å². The number of aromatic carboxylic acids is 1. The summed E-state index contributed by atoms with van der Waals surface area (Å²) in [7, 11) is 0. The Bertz CT molecular complexity index is 683. The van der Waals surface area contributed by atoms with Gasteiger partial charge in [0.15, 0.2) is 0 Å². The molecule has 0 saturated carbocycles. The van der Waals surface area contributed by atoms with Crippen LogP contribution in [0.1, 0.15) is 43.6 Å². The van der Waals surface area contributed by atoms with E-state index in [2.05, 4.69) is 4.90 Å². The van der Waals surface area contributed by atoms with Crippen LogP contribution in [0, 0.1) is 6.92 Å². The molecule has 7 heteroatoms. The van der Waals surface area contributed by atoms with Gasteiger partial charge in [-0.15, -0.1) is 0 Å². The fraction of sp³-hybridized carbons (Fsp3) is 0.600. The summed E-state index contributed by atoms with van der Waals surface area (Å²) >= 11 is 0. The van der Waals surface area contributed by atoms with E-state index in [0.717, 1.165) is 19.6 Å². The van der Waals surface area contributed by atoms with Crippen LogP contribution in [0.2, 0.25) is 0 Å². The maximum atomic E-state index is 12.3. The Morgan fingerprint density at radius 2 is 1.96 bits per heavy atom. The maximum absolute atomic E-state index is 12.3. The molecule has 1 heterocycles. The molecule has 1 aromatic rings. The van der Waals surface area contributed by atoms with E-state index in [-0.39, 0.29) is 17.7 Å². The molecule has 0 spiro atoms. The van der Waals surface area contributed by atoms with E-state index < -0.39 is 11.6 Å². The summed E-state index contributed by atoms with van der Waals surface area (Å²) in [4.78, 5) is 27.3. The molecule has 1 N–H and O–H groups in total. The minimum absolute atomic E-state index is 0.0747. The highest BCUT2D eigenvalue weighted by Crippen LogP contribution is 2.18. The molecule has 1 aromatic carbocycles. The fourth-order valence-electron chi connectivity index (χ4n) is 3.09. The molecule has 1 aliphatic rings. The zero-order valence-electron chi connectivity index (χ0n) is 16.8. The molecular formula is C20H30N2O5. The van der Waals surface area contributed by atoms with Gasteiger partial charge in [-0.05, 0) is 58.4 Å². The molecule has 1 saturated heterocycles. The standard InChI is InChI=1S/C20H30N2O5/c1-14-12-16(6-7-17(14)18(23)24)26-11-10-21-8-9-22(15(2)13-21)19(25)27-20(3,4)5/h6-7,12,15H,8-11,13H2,1-5H3,(H,23,24)/t15-/m0/s1. The molecular weight excluding hydrogens is 348 g/mol. The number of aryl methyl sites for hydroxylation is 1. The van der Waals surface area contributed by atoms with Crippen LogP contribution in [-0.4, -0.2) is 71.4 Å². The normalized spacial score (nSPS) is 18.3. The lowest BCUT2D eigenvalue weighted by molar-refractivity contribution is 0.000349. The van der Waals surface area contributed by atoms with Gasteiger partial charge >= 0.3 is 12.1 Å². The molecule has 2 rings (SSSR count). The molecule has 0 aliphatic carbocycles.